The molecule has 2 heteroatoms. The largest absolute Gasteiger partial charge is 0.364 e. The van der Waals surface area contributed by atoms with Crippen LogP contribution in [-0.2, 0) is 4.74 Å². The normalized spacial score (nSPS) is 31.8. The first-order valence-corrected chi connectivity index (χ1v) is 5.26. The van der Waals surface area contributed by atoms with E-state index in [1.54, 1.807) is 0 Å². The Morgan fingerprint density at radius 3 is 2.86 bits per heavy atom. The van der Waals surface area contributed by atoms with Gasteiger partial charge in [0, 0.05) is 0 Å². The van der Waals surface area contributed by atoms with E-state index in [2.05, 4.69) is 18.9 Å². The fourth-order valence-corrected chi connectivity index (χ4v) is 2.07. The molecule has 0 aromatic rings. The van der Waals surface area contributed by atoms with Gasteiger partial charge in [-0.25, -0.2) is 0 Å². The van der Waals surface area contributed by atoms with Crippen LogP contribution in [0.1, 0.15) is 32.6 Å². The number of hydrogen-bond acceptors (Lipinski definition) is 2. The molecule has 0 N–H and O–H groups in total. The standard InChI is InChI=1S/C12H17NO/c1-3-7-14-12-8-10(4-2)5-6-11(12)9-13/h1,10-12H,4-8H2,2H3. The van der Waals surface area contributed by atoms with Crippen LogP contribution in [-0.4, -0.2) is 12.7 Å². The van der Waals surface area contributed by atoms with Crippen LogP contribution in [0.3, 0.4) is 0 Å². The van der Waals surface area contributed by atoms with Gasteiger partial charge < -0.3 is 4.74 Å². The number of hydrogen-bond donors (Lipinski definition) is 0. The molecule has 0 amide bonds. The second-order valence-corrected chi connectivity index (χ2v) is 3.88. The first-order chi connectivity index (χ1) is 6.81. The highest BCUT2D eigenvalue weighted by molar-refractivity contribution is 4.95. The number of nitrogens with zero attached hydrogens (tertiary/aromatic N) is 1. The molecule has 3 atom stereocenters. The maximum absolute atomic E-state index is 8.94. The molecule has 0 heterocycles. The number of nitriles is 1. The Hall–Kier alpha value is -0.990. The number of ether oxygens (including phenoxy) is 1. The third-order valence-electron chi connectivity index (χ3n) is 3.02. The molecule has 0 aliphatic heterocycles. The van der Waals surface area contributed by atoms with Crippen LogP contribution >= 0.6 is 0 Å². The van der Waals surface area contributed by atoms with E-state index >= 15 is 0 Å². The van der Waals surface area contributed by atoms with Gasteiger partial charge in [0.25, 0.3) is 0 Å². The van der Waals surface area contributed by atoms with Crippen LogP contribution in [0.25, 0.3) is 0 Å². The highest BCUT2D eigenvalue weighted by Gasteiger charge is 2.30. The Bertz CT molecular complexity index is 248. The zero-order valence-corrected chi connectivity index (χ0v) is 8.70. The minimum absolute atomic E-state index is 0.0474. The van der Waals surface area contributed by atoms with E-state index < -0.39 is 0 Å². The SMILES string of the molecule is C#CCOC1CC(CC)CCC1C#N. The van der Waals surface area contributed by atoms with E-state index in [1.165, 1.54) is 6.42 Å². The molecule has 0 aromatic carbocycles. The van der Waals surface area contributed by atoms with Crippen LogP contribution < -0.4 is 0 Å². The molecule has 1 fully saturated rings. The molecule has 0 saturated heterocycles. The summed E-state index contributed by atoms with van der Waals surface area (Å²) in [4.78, 5) is 0. The summed E-state index contributed by atoms with van der Waals surface area (Å²) in [5, 5.41) is 8.94. The summed E-state index contributed by atoms with van der Waals surface area (Å²) in [5.41, 5.74) is 0. The third kappa shape index (κ3) is 2.76. The summed E-state index contributed by atoms with van der Waals surface area (Å²) in [6.07, 6.45) is 9.50. The highest BCUT2D eigenvalue weighted by Crippen LogP contribution is 2.32. The van der Waals surface area contributed by atoms with Gasteiger partial charge in [-0.3, -0.25) is 0 Å². The third-order valence-corrected chi connectivity index (χ3v) is 3.02. The maximum atomic E-state index is 8.94. The van der Waals surface area contributed by atoms with Gasteiger partial charge in [-0.05, 0) is 25.2 Å². The first-order valence-electron chi connectivity index (χ1n) is 5.26. The average molecular weight is 191 g/mol. The van der Waals surface area contributed by atoms with E-state index in [9.17, 15) is 0 Å². The Morgan fingerprint density at radius 2 is 2.29 bits per heavy atom. The van der Waals surface area contributed by atoms with E-state index in [4.69, 9.17) is 16.4 Å². The number of terminal acetylenes is 1. The lowest BCUT2D eigenvalue weighted by atomic mass is 9.79. The van der Waals surface area contributed by atoms with Crippen molar-refractivity contribution in [3.63, 3.8) is 0 Å². The van der Waals surface area contributed by atoms with Crippen LogP contribution in [0, 0.1) is 35.5 Å². The van der Waals surface area contributed by atoms with Gasteiger partial charge in [-0.1, -0.05) is 19.3 Å². The zero-order chi connectivity index (χ0) is 10.4. The second-order valence-electron chi connectivity index (χ2n) is 3.88. The van der Waals surface area contributed by atoms with Crippen molar-refractivity contribution in [2.75, 3.05) is 6.61 Å². The van der Waals surface area contributed by atoms with Gasteiger partial charge in [0.2, 0.25) is 0 Å². The Labute approximate surface area is 86.3 Å². The van der Waals surface area contributed by atoms with Gasteiger partial charge in [-0.15, -0.1) is 6.42 Å². The van der Waals surface area contributed by atoms with Crippen molar-refractivity contribution in [3.05, 3.63) is 0 Å². The van der Waals surface area contributed by atoms with Crippen LogP contribution in [0.4, 0.5) is 0 Å². The summed E-state index contributed by atoms with van der Waals surface area (Å²) in [5.74, 6) is 3.22. The fourth-order valence-electron chi connectivity index (χ4n) is 2.07. The van der Waals surface area contributed by atoms with Crippen LogP contribution in [0.2, 0.25) is 0 Å². The number of rotatable bonds is 3. The molecular weight excluding hydrogens is 174 g/mol. The molecule has 0 radical (unpaired) electrons. The van der Waals surface area contributed by atoms with Crippen molar-refractivity contribution in [1.29, 1.82) is 5.26 Å². The summed E-state index contributed by atoms with van der Waals surface area (Å²) in [7, 11) is 0. The predicted octanol–water partition coefficient (Wildman–Crippen LogP) is 2.35. The zero-order valence-electron chi connectivity index (χ0n) is 8.70. The molecular formula is C12H17NO. The van der Waals surface area contributed by atoms with Gasteiger partial charge in [0.15, 0.2) is 0 Å². The van der Waals surface area contributed by atoms with Gasteiger partial charge >= 0.3 is 0 Å². The molecule has 3 unspecified atom stereocenters. The van der Waals surface area contributed by atoms with Crippen molar-refractivity contribution in [2.24, 2.45) is 11.8 Å². The van der Waals surface area contributed by atoms with Gasteiger partial charge in [-0.2, -0.15) is 5.26 Å². The second kappa shape index (κ2) is 5.68. The summed E-state index contributed by atoms with van der Waals surface area (Å²) in [6.45, 7) is 2.52. The van der Waals surface area contributed by atoms with Gasteiger partial charge in [0.1, 0.15) is 6.61 Å². The summed E-state index contributed by atoms with van der Waals surface area (Å²) in [6, 6.07) is 2.31. The minimum atomic E-state index is 0.0474. The molecule has 1 saturated carbocycles. The van der Waals surface area contributed by atoms with E-state index in [0.717, 1.165) is 19.3 Å². The van der Waals surface area contributed by atoms with Crippen molar-refractivity contribution in [1.82, 2.24) is 0 Å². The molecule has 76 valence electrons. The Morgan fingerprint density at radius 1 is 1.50 bits per heavy atom. The monoisotopic (exact) mass is 191 g/mol. The van der Waals surface area contributed by atoms with Crippen molar-refractivity contribution < 1.29 is 4.74 Å². The average Bonchev–Trinajstić information content (AvgIpc) is 2.25. The predicted molar refractivity (Wildman–Crippen MR) is 55.3 cm³/mol. The quantitative estimate of drug-likeness (QED) is 0.641. The molecule has 1 rings (SSSR count). The Kier molecular flexibility index (Phi) is 4.50. The van der Waals surface area contributed by atoms with E-state index in [1.807, 2.05) is 0 Å². The molecule has 1 aliphatic rings. The smallest absolute Gasteiger partial charge is 0.107 e. The lowest BCUT2D eigenvalue weighted by molar-refractivity contribution is 0.00680. The lowest BCUT2D eigenvalue weighted by Gasteiger charge is -2.31. The molecule has 2 nitrogen and oxygen atoms in total. The maximum Gasteiger partial charge on any atom is 0.107 e. The summed E-state index contributed by atoms with van der Waals surface area (Å²) >= 11 is 0. The van der Waals surface area contributed by atoms with Crippen molar-refractivity contribution in [2.45, 2.75) is 38.7 Å². The van der Waals surface area contributed by atoms with Crippen LogP contribution in [0.15, 0.2) is 0 Å². The molecule has 0 bridgehead atoms. The van der Waals surface area contributed by atoms with E-state index in [0.29, 0.717) is 12.5 Å². The van der Waals surface area contributed by atoms with Gasteiger partial charge in [0.05, 0.1) is 18.1 Å². The lowest BCUT2D eigenvalue weighted by Crippen LogP contribution is -2.31. The Balaban J connectivity index is 2.48. The molecule has 14 heavy (non-hydrogen) atoms. The highest BCUT2D eigenvalue weighted by atomic mass is 16.5. The fraction of sp³-hybridized carbons (Fsp3) is 0.750. The summed E-state index contributed by atoms with van der Waals surface area (Å²) < 4.78 is 5.51. The van der Waals surface area contributed by atoms with Crippen LogP contribution in [0.5, 0.6) is 0 Å². The molecule has 0 aromatic heterocycles. The molecule has 1 aliphatic carbocycles. The first kappa shape index (κ1) is 11.1. The molecule has 0 spiro atoms. The van der Waals surface area contributed by atoms with E-state index in [-0.39, 0.29) is 12.0 Å². The van der Waals surface area contributed by atoms with Crippen molar-refractivity contribution in [3.8, 4) is 18.4 Å². The minimum Gasteiger partial charge on any atom is -0.364 e. The topological polar surface area (TPSA) is 33.0 Å². The van der Waals surface area contributed by atoms with Crippen molar-refractivity contribution >= 4 is 0 Å².